The minimum absolute atomic E-state index is 0. The van der Waals surface area contributed by atoms with Crippen molar-refractivity contribution in [3.05, 3.63) is 47.2 Å². The van der Waals surface area contributed by atoms with Gasteiger partial charge in [-0.15, -0.1) is 12.8 Å². The molecule has 1 fully saturated rings. The Morgan fingerprint density at radius 2 is 1.95 bits per heavy atom. The SMILES string of the molecule is CCCC[Si]1(C2=[C-]C(C)=CC2)CCC1.[C-]1=CC=CC1.[Cl-].[Cl-].[Hf+4]. The summed E-state index contributed by atoms with van der Waals surface area (Å²) in [5.41, 5.74) is 1.40. The predicted molar refractivity (Wildman–Crippen MR) is 86.4 cm³/mol. The molecule has 22 heavy (non-hydrogen) atoms. The first kappa shape index (κ1) is 24.9. The van der Waals surface area contributed by atoms with Crippen LogP contribution in [0.4, 0.5) is 0 Å². The Bertz CT molecular complexity index is 411. The van der Waals surface area contributed by atoms with Crippen LogP contribution in [-0.2, 0) is 25.8 Å². The van der Waals surface area contributed by atoms with Crippen molar-refractivity contribution in [1.82, 2.24) is 0 Å². The third-order valence-corrected chi connectivity index (χ3v) is 10.0. The van der Waals surface area contributed by atoms with E-state index in [0.29, 0.717) is 0 Å². The van der Waals surface area contributed by atoms with Gasteiger partial charge < -0.3 is 24.8 Å². The molecule has 0 saturated carbocycles. The van der Waals surface area contributed by atoms with Crippen molar-refractivity contribution in [2.24, 2.45) is 0 Å². The second-order valence-electron chi connectivity index (χ2n) is 5.94. The summed E-state index contributed by atoms with van der Waals surface area (Å²) in [5, 5.41) is 1.76. The number of hydrogen-bond acceptors (Lipinski definition) is 0. The van der Waals surface area contributed by atoms with Crippen LogP contribution in [0.15, 0.2) is 35.1 Å². The summed E-state index contributed by atoms with van der Waals surface area (Å²) < 4.78 is 0. The average Bonchev–Trinajstić information content (AvgIpc) is 3.02. The summed E-state index contributed by atoms with van der Waals surface area (Å²) in [4.78, 5) is 0. The van der Waals surface area contributed by atoms with E-state index >= 15 is 0 Å². The number of hydrogen-bond donors (Lipinski definition) is 0. The minimum atomic E-state index is -0.919. The van der Waals surface area contributed by atoms with E-state index in [-0.39, 0.29) is 50.7 Å². The zero-order chi connectivity index (χ0) is 13.6. The molecule has 0 aromatic carbocycles. The van der Waals surface area contributed by atoms with Gasteiger partial charge in [-0.2, -0.15) is 11.3 Å². The Kier molecular flexibility index (Phi) is 14.7. The molecule has 0 radical (unpaired) electrons. The summed E-state index contributed by atoms with van der Waals surface area (Å²) in [6.07, 6.45) is 21.6. The average molecular weight is 520 g/mol. The smallest absolute Gasteiger partial charge is 1.00 e. The Labute approximate surface area is 169 Å². The molecular formula is C18H26Cl2HfSi. The van der Waals surface area contributed by atoms with Crippen molar-refractivity contribution in [1.29, 1.82) is 0 Å². The van der Waals surface area contributed by atoms with Gasteiger partial charge in [0, 0.05) is 0 Å². The van der Waals surface area contributed by atoms with Crippen molar-refractivity contribution in [2.45, 2.75) is 64.1 Å². The van der Waals surface area contributed by atoms with Gasteiger partial charge in [0.2, 0.25) is 0 Å². The Balaban J connectivity index is 0. The molecule has 0 nitrogen and oxygen atoms in total. The monoisotopic (exact) mass is 520 g/mol. The molecule has 4 heteroatoms. The standard InChI is InChI=1S/C13H21Si.C5H5.2ClH.Hf/c1-3-4-8-14(9-5-10-14)13-7-6-12(2)11-13;1-2-4-5-3-1;;;/h6H,3-5,7-10H2,1-2H3;1-3H,4H2;2*1H;/q2*-1;;;+4/p-2. The second-order valence-corrected chi connectivity index (χ2v) is 10.6. The molecule has 1 heterocycles. The maximum Gasteiger partial charge on any atom is 4.00 e. The molecule has 2 aliphatic carbocycles. The largest absolute Gasteiger partial charge is 4.00 e. The maximum absolute atomic E-state index is 3.64. The Morgan fingerprint density at radius 3 is 2.27 bits per heavy atom. The fourth-order valence-electron chi connectivity index (χ4n) is 3.11. The van der Waals surface area contributed by atoms with Crippen LogP contribution in [0.5, 0.6) is 0 Å². The summed E-state index contributed by atoms with van der Waals surface area (Å²) in [7, 11) is -0.919. The van der Waals surface area contributed by atoms with Gasteiger partial charge in [-0.05, 0) is 0 Å². The van der Waals surface area contributed by atoms with Crippen LogP contribution in [0.25, 0.3) is 0 Å². The van der Waals surface area contributed by atoms with Gasteiger partial charge in [-0.1, -0.05) is 51.2 Å². The Hall–Kier alpha value is 0.627. The number of unbranched alkanes of at least 4 members (excludes halogenated alkanes) is 1. The molecule has 1 saturated heterocycles. The van der Waals surface area contributed by atoms with E-state index in [1.165, 1.54) is 31.3 Å². The van der Waals surface area contributed by atoms with Crippen molar-refractivity contribution < 1.29 is 50.7 Å². The van der Waals surface area contributed by atoms with Gasteiger partial charge in [0.05, 0.1) is 8.07 Å². The van der Waals surface area contributed by atoms with E-state index in [4.69, 9.17) is 0 Å². The fraction of sp³-hybridized carbons (Fsp3) is 0.556. The zero-order valence-corrected chi connectivity index (χ0v) is 19.8. The minimum Gasteiger partial charge on any atom is -1.00 e. The first-order valence-corrected chi connectivity index (χ1v) is 10.4. The second kappa shape index (κ2) is 13.0. The van der Waals surface area contributed by atoms with Crippen molar-refractivity contribution >= 4 is 8.07 Å². The normalized spacial score (nSPS) is 19.4. The summed E-state index contributed by atoms with van der Waals surface area (Å²) in [5.74, 6) is 0. The van der Waals surface area contributed by atoms with E-state index in [9.17, 15) is 0 Å². The van der Waals surface area contributed by atoms with Gasteiger partial charge in [-0.25, -0.2) is 23.8 Å². The number of rotatable bonds is 4. The zero-order valence-electron chi connectivity index (χ0n) is 13.7. The molecule has 1 aliphatic heterocycles. The molecule has 0 bridgehead atoms. The molecule has 3 rings (SSSR count). The quantitative estimate of drug-likeness (QED) is 0.349. The molecule has 0 unspecified atom stereocenters. The summed E-state index contributed by atoms with van der Waals surface area (Å²) >= 11 is 0. The Morgan fingerprint density at radius 1 is 1.23 bits per heavy atom. The van der Waals surface area contributed by atoms with E-state index in [2.05, 4.69) is 38.2 Å². The first-order valence-electron chi connectivity index (χ1n) is 7.79. The molecule has 3 aliphatic rings. The van der Waals surface area contributed by atoms with Gasteiger partial charge in [0.1, 0.15) is 0 Å². The number of allylic oxidation sites excluding steroid dienone is 8. The van der Waals surface area contributed by atoms with Crippen molar-refractivity contribution in [2.75, 3.05) is 0 Å². The van der Waals surface area contributed by atoms with E-state index < -0.39 is 8.07 Å². The molecular weight excluding hydrogens is 494 g/mol. The van der Waals surface area contributed by atoms with Crippen molar-refractivity contribution in [3.63, 3.8) is 0 Å². The van der Waals surface area contributed by atoms with Crippen LogP contribution >= 0.6 is 0 Å². The van der Waals surface area contributed by atoms with Crippen LogP contribution < -0.4 is 24.8 Å². The molecule has 0 aromatic heterocycles. The van der Waals surface area contributed by atoms with Crippen LogP contribution in [0.1, 0.15) is 46.0 Å². The van der Waals surface area contributed by atoms with Crippen molar-refractivity contribution in [3.8, 4) is 0 Å². The van der Waals surface area contributed by atoms with Gasteiger partial charge in [0.25, 0.3) is 0 Å². The number of halogens is 2. The molecule has 0 aromatic rings. The topological polar surface area (TPSA) is 0 Å². The van der Waals surface area contributed by atoms with Gasteiger partial charge in [-0.3, -0.25) is 12.2 Å². The third-order valence-electron chi connectivity index (χ3n) is 4.51. The van der Waals surface area contributed by atoms with E-state index in [1.807, 2.05) is 12.2 Å². The van der Waals surface area contributed by atoms with Crippen LogP contribution in [0, 0.1) is 12.2 Å². The molecule has 0 spiro atoms. The first-order chi connectivity index (χ1) is 9.27. The van der Waals surface area contributed by atoms with Crippen LogP contribution in [0.2, 0.25) is 18.1 Å². The van der Waals surface area contributed by atoms with E-state index in [0.717, 1.165) is 6.42 Å². The summed E-state index contributed by atoms with van der Waals surface area (Å²) in [6.45, 7) is 4.52. The molecule has 120 valence electrons. The maximum atomic E-state index is 3.64. The van der Waals surface area contributed by atoms with Gasteiger partial charge in [0.15, 0.2) is 0 Å². The molecule has 0 atom stereocenters. The molecule has 0 N–H and O–H groups in total. The fourth-order valence-corrected chi connectivity index (χ4v) is 7.75. The predicted octanol–water partition coefficient (Wildman–Crippen LogP) is -0.431. The third kappa shape index (κ3) is 7.03. The van der Waals surface area contributed by atoms with Gasteiger partial charge >= 0.3 is 25.8 Å². The summed E-state index contributed by atoms with van der Waals surface area (Å²) in [6, 6.07) is 4.68. The van der Waals surface area contributed by atoms with Crippen LogP contribution in [-0.4, -0.2) is 8.07 Å². The molecule has 0 amide bonds. The van der Waals surface area contributed by atoms with E-state index in [1.54, 1.807) is 23.3 Å². The van der Waals surface area contributed by atoms with Crippen LogP contribution in [0.3, 0.4) is 0 Å².